The number of nitro groups is 1. The number of carbonyl (C=O) groups is 1. The number of nitrogens with zero attached hydrogens (tertiary/aromatic N) is 1. The normalized spacial score (nSPS) is 12.1. The van der Waals surface area contributed by atoms with Crippen LogP contribution < -0.4 is 5.32 Å². The molecule has 2 N–H and O–H groups in total. The molecule has 3 rings (SSSR count). The zero-order chi connectivity index (χ0) is 21.5. The van der Waals surface area contributed by atoms with E-state index in [0.29, 0.717) is 13.2 Å². The van der Waals surface area contributed by atoms with Crippen LogP contribution >= 0.6 is 0 Å². The Kier molecular flexibility index (Phi) is 7.19. The summed E-state index contributed by atoms with van der Waals surface area (Å²) in [7, 11) is 1.63. The van der Waals surface area contributed by atoms with Gasteiger partial charge in [0.25, 0.3) is 5.69 Å². The van der Waals surface area contributed by atoms with Crippen LogP contribution in [-0.2, 0) is 16.0 Å². The number of aromatic nitrogens is 1. The van der Waals surface area contributed by atoms with Crippen LogP contribution in [0.4, 0.5) is 5.69 Å². The molecule has 1 heterocycles. The summed E-state index contributed by atoms with van der Waals surface area (Å²) in [4.78, 5) is 26.9. The lowest BCUT2D eigenvalue weighted by Crippen LogP contribution is -2.27. The Labute approximate surface area is 175 Å². The fraction of sp³-hybridized carbons (Fsp3) is 0.348. The highest BCUT2D eigenvalue weighted by atomic mass is 16.6. The lowest BCUT2D eigenvalue weighted by Gasteiger charge is -2.17. The molecule has 0 saturated heterocycles. The second-order valence-corrected chi connectivity index (χ2v) is 7.24. The zero-order valence-electron chi connectivity index (χ0n) is 17.3. The van der Waals surface area contributed by atoms with E-state index in [-0.39, 0.29) is 23.9 Å². The van der Waals surface area contributed by atoms with Crippen molar-refractivity contribution in [2.45, 2.75) is 32.1 Å². The predicted octanol–water partition coefficient (Wildman–Crippen LogP) is 4.31. The molecule has 0 bridgehead atoms. The molecule has 3 aromatic rings. The van der Waals surface area contributed by atoms with E-state index >= 15 is 0 Å². The average Bonchev–Trinajstić information content (AvgIpc) is 3.19. The molecule has 158 valence electrons. The quantitative estimate of drug-likeness (QED) is 0.296. The molecule has 1 unspecified atom stereocenters. The molecule has 1 aromatic heterocycles. The van der Waals surface area contributed by atoms with E-state index in [1.165, 1.54) is 11.6 Å². The lowest BCUT2D eigenvalue weighted by molar-refractivity contribution is -0.384. The molecule has 1 amide bonds. The van der Waals surface area contributed by atoms with Gasteiger partial charge in [0.15, 0.2) is 0 Å². The van der Waals surface area contributed by atoms with Crippen molar-refractivity contribution in [3.05, 3.63) is 75.5 Å². The SMILES string of the molecule is CCc1cccc2c(C(CC(=O)NCCCOC)c3cccc([N+](=O)[O-])c3)c[nH]c12. The Hall–Kier alpha value is -3.19. The molecular formula is C23H27N3O4. The van der Waals surface area contributed by atoms with Crippen LogP contribution in [0.2, 0.25) is 0 Å². The Morgan fingerprint density at radius 3 is 2.80 bits per heavy atom. The first-order valence-electron chi connectivity index (χ1n) is 10.1. The number of H-pyrrole nitrogens is 1. The van der Waals surface area contributed by atoms with Gasteiger partial charge in [-0.3, -0.25) is 14.9 Å². The minimum atomic E-state index is -0.407. The van der Waals surface area contributed by atoms with Gasteiger partial charge < -0.3 is 15.0 Å². The van der Waals surface area contributed by atoms with Crippen molar-refractivity contribution >= 4 is 22.5 Å². The highest BCUT2D eigenvalue weighted by molar-refractivity contribution is 5.88. The molecule has 7 heteroatoms. The number of amides is 1. The van der Waals surface area contributed by atoms with Crippen molar-refractivity contribution in [3.63, 3.8) is 0 Å². The number of para-hydroxylation sites is 1. The van der Waals surface area contributed by atoms with E-state index in [1.807, 2.05) is 24.4 Å². The number of aryl methyl sites for hydroxylation is 1. The molecule has 0 fully saturated rings. The van der Waals surface area contributed by atoms with E-state index in [4.69, 9.17) is 4.74 Å². The standard InChI is InChI=1S/C23H27N3O4/c1-3-16-7-5-10-19-21(15-25-23(16)19)20(14-22(27)24-11-6-12-30-2)17-8-4-9-18(13-17)26(28)29/h4-5,7-10,13,15,20,25H,3,6,11-12,14H2,1-2H3,(H,24,27). The number of nitro benzene ring substituents is 1. The minimum Gasteiger partial charge on any atom is -0.385 e. The summed E-state index contributed by atoms with van der Waals surface area (Å²) in [5, 5.41) is 15.3. The molecule has 7 nitrogen and oxygen atoms in total. The monoisotopic (exact) mass is 409 g/mol. The number of benzene rings is 2. The summed E-state index contributed by atoms with van der Waals surface area (Å²) in [5.41, 5.74) is 3.98. The first-order valence-corrected chi connectivity index (χ1v) is 10.1. The lowest BCUT2D eigenvalue weighted by atomic mass is 9.87. The molecule has 0 aliphatic rings. The van der Waals surface area contributed by atoms with Crippen molar-refractivity contribution in [1.29, 1.82) is 0 Å². The number of carbonyl (C=O) groups excluding carboxylic acids is 1. The number of ether oxygens (including phenoxy) is 1. The van der Waals surface area contributed by atoms with Crippen LogP contribution in [0.25, 0.3) is 10.9 Å². The highest BCUT2D eigenvalue weighted by Gasteiger charge is 2.23. The van der Waals surface area contributed by atoms with Gasteiger partial charge in [-0.05, 0) is 29.5 Å². The van der Waals surface area contributed by atoms with Crippen LogP contribution in [0.3, 0.4) is 0 Å². The van der Waals surface area contributed by atoms with Crippen molar-refractivity contribution in [2.24, 2.45) is 0 Å². The van der Waals surface area contributed by atoms with E-state index in [0.717, 1.165) is 34.9 Å². The summed E-state index contributed by atoms with van der Waals surface area (Å²) >= 11 is 0. The Morgan fingerprint density at radius 1 is 1.27 bits per heavy atom. The van der Waals surface area contributed by atoms with Gasteiger partial charge in [0.1, 0.15) is 0 Å². The number of fused-ring (bicyclic) bond motifs is 1. The summed E-state index contributed by atoms with van der Waals surface area (Å²) in [6, 6.07) is 12.7. The molecule has 0 spiro atoms. The summed E-state index contributed by atoms with van der Waals surface area (Å²) < 4.78 is 5.02. The molecular weight excluding hydrogens is 382 g/mol. The minimum absolute atomic E-state index is 0.0205. The summed E-state index contributed by atoms with van der Waals surface area (Å²) in [5.74, 6) is -0.392. The summed E-state index contributed by atoms with van der Waals surface area (Å²) in [6.07, 6.45) is 3.75. The second-order valence-electron chi connectivity index (χ2n) is 7.24. The number of methoxy groups -OCH3 is 1. The first kappa shape index (κ1) is 21.5. The van der Waals surface area contributed by atoms with E-state index < -0.39 is 4.92 Å². The maximum absolute atomic E-state index is 12.7. The molecule has 1 atom stereocenters. The third kappa shape index (κ3) is 4.86. The number of non-ortho nitro benzene ring substituents is 1. The van der Waals surface area contributed by atoms with Gasteiger partial charge in [0, 0.05) is 61.8 Å². The first-order chi connectivity index (χ1) is 14.5. The second kappa shape index (κ2) is 10.0. The van der Waals surface area contributed by atoms with Gasteiger partial charge in [-0.25, -0.2) is 0 Å². The van der Waals surface area contributed by atoms with Crippen molar-refractivity contribution < 1.29 is 14.5 Å². The third-order valence-electron chi connectivity index (χ3n) is 5.31. The highest BCUT2D eigenvalue weighted by Crippen LogP contribution is 2.35. The van der Waals surface area contributed by atoms with Crippen LogP contribution in [-0.4, -0.2) is 36.1 Å². The van der Waals surface area contributed by atoms with Gasteiger partial charge >= 0.3 is 0 Å². The largest absolute Gasteiger partial charge is 0.385 e. The van der Waals surface area contributed by atoms with Gasteiger partial charge in [0.2, 0.25) is 5.91 Å². The van der Waals surface area contributed by atoms with Crippen LogP contribution in [0.5, 0.6) is 0 Å². The summed E-state index contributed by atoms with van der Waals surface area (Å²) in [6.45, 7) is 3.21. The van der Waals surface area contributed by atoms with Gasteiger partial charge in [-0.1, -0.05) is 37.3 Å². The van der Waals surface area contributed by atoms with Crippen molar-refractivity contribution in [2.75, 3.05) is 20.3 Å². The fourth-order valence-electron chi connectivity index (χ4n) is 3.79. The molecule has 0 aliphatic carbocycles. The third-order valence-corrected chi connectivity index (χ3v) is 5.31. The number of aromatic amines is 1. The Bertz CT molecular complexity index is 1030. The van der Waals surface area contributed by atoms with Crippen LogP contribution in [0, 0.1) is 10.1 Å². The van der Waals surface area contributed by atoms with E-state index in [9.17, 15) is 14.9 Å². The van der Waals surface area contributed by atoms with Crippen molar-refractivity contribution in [3.8, 4) is 0 Å². The van der Waals surface area contributed by atoms with Gasteiger partial charge in [-0.15, -0.1) is 0 Å². The number of nitrogens with one attached hydrogen (secondary N) is 2. The van der Waals surface area contributed by atoms with Gasteiger partial charge in [-0.2, -0.15) is 0 Å². The topological polar surface area (TPSA) is 97.3 Å². The molecule has 0 aliphatic heterocycles. The smallest absolute Gasteiger partial charge is 0.269 e. The molecule has 2 aromatic carbocycles. The van der Waals surface area contributed by atoms with Crippen molar-refractivity contribution in [1.82, 2.24) is 10.3 Å². The van der Waals surface area contributed by atoms with Crippen LogP contribution in [0.1, 0.15) is 42.4 Å². The van der Waals surface area contributed by atoms with E-state index in [1.54, 1.807) is 19.2 Å². The molecule has 30 heavy (non-hydrogen) atoms. The van der Waals surface area contributed by atoms with Gasteiger partial charge in [0.05, 0.1) is 4.92 Å². The number of hydrogen-bond donors (Lipinski definition) is 2. The van der Waals surface area contributed by atoms with Crippen LogP contribution in [0.15, 0.2) is 48.7 Å². The maximum Gasteiger partial charge on any atom is 0.269 e. The molecule has 0 radical (unpaired) electrons. The Morgan fingerprint density at radius 2 is 2.07 bits per heavy atom. The number of hydrogen-bond acceptors (Lipinski definition) is 4. The van der Waals surface area contributed by atoms with E-state index in [2.05, 4.69) is 23.3 Å². The zero-order valence-corrected chi connectivity index (χ0v) is 17.3. The number of rotatable bonds is 10. The maximum atomic E-state index is 12.7. The Balaban J connectivity index is 1.97. The predicted molar refractivity (Wildman–Crippen MR) is 117 cm³/mol. The average molecular weight is 409 g/mol. The molecule has 0 saturated carbocycles. The fourth-order valence-corrected chi connectivity index (χ4v) is 3.79.